The minimum atomic E-state index is 0.170. The van der Waals surface area contributed by atoms with Crippen molar-refractivity contribution >= 4 is 0 Å². The van der Waals surface area contributed by atoms with Crippen LogP contribution in [0.15, 0.2) is 11.8 Å². The molecule has 2 heteroatoms. The van der Waals surface area contributed by atoms with Gasteiger partial charge in [-0.15, -0.1) is 0 Å². The SMILES string of the molecule is CN1CCC(C(C)(C)C)C=C1CO. The number of rotatable bonds is 1. The van der Waals surface area contributed by atoms with Gasteiger partial charge in [-0.1, -0.05) is 26.8 Å². The smallest absolute Gasteiger partial charge is 0.0826 e. The Labute approximate surface area is 81.2 Å². The van der Waals surface area contributed by atoms with Crippen LogP contribution in [-0.2, 0) is 0 Å². The van der Waals surface area contributed by atoms with Crippen molar-refractivity contribution in [1.82, 2.24) is 4.90 Å². The van der Waals surface area contributed by atoms with Crippen molar-refractivity contribution in [3.8, 4) is 0 Å². The maximum atomic E-state index is 9.13. The topological polar surface area (TPSA) is 23.5 Å². The van der Waals surface area contributed by atoms with E-state index in [1.54, 1.807) is 0 Å². The Hall–Kier alpha value is -0.500. The first-order valence-corrected chi connectivity index (χ1v) is 4.98. The van der Waals surface area contributed by atoms with E-state index in [-0.39, 0.29) is 6.61 Å². The van der Waals surface area contributed by atoms with Gasteiger partial charge in [0.1, 0.15) is 0 Å². The van der Waals surface area contributed by atoms with E-state index in [4.69, 9.17) is 5.11 Å². The van der Waals surface area contributed by atoms with Crippen molar-refractivity contribution in [2.75, 3.05) is 20.2 Å². The first kappa shape index (κ1) is 10.6. The maximum absolute atomic E-state index is 9.13. The lowest BCUT2D eigenvalue weighted by Crippen LogP contribution is -2.32. The average molecular weight is 183 g/mol. The summed E-state index contributed by atoms with van der Waals surface area (Å²) in [5.74, 6) is 0.603. The van der Waals surface area contributed by atoms with Crippen LogP contribution in [0.2, 0.25) is 0 Å². The predicted molar refractivity (Wildman–Crippen MR) is 55.4 cm³/mol. The Morgan fingerprint density at radius 3 is 2.62 bits per heavy atom. The van der Waals surface area contributed by atoms with Crippen molar-refractivity contribution < 1.29 is 5.11 Å². The molecule has 1 aliphatic rings. The summed E-state index contributed by atoms with van der Waals surface area (Å²) in [5, 5.41) is 9.13. The molecule has 0 aliphatic carbocycles. The molecule has 0 fully saturated rings. The number of aliphatic hydroxyl groups is 1. The minimum Gasteiger partial charge on any atom is -0.390 e. The molecule has 0 aromatic rings. The highest BCUT2D eigenvalue weighted by Gasteiger charge is 2.26. The highest BCUT2D eigenvalue weighted by atomic mass is 16.3. The molecule has 2 nitrogen and oxygen atoms in total. The molecule has 1 unspecified atom stereocenters. The fourth-order valence-corrected chi connectivity index (χ4v) is 1.78. The molecule has 1 atom stereocenters. The number of hydrogen-bond donors (Lipinski definition) is 1. The maximum Gasteiger partial charge on any atom is 0.0826 e. The lowest BCUT2D eigenvalue weighted by Gasteiger charge is -2.36. The summed E-state index contributed by atoms with van der Waals surface area (Å²) in [5.41, 5.74) is 1.40. The molecular weight excluding hydrogens is 162 g/mol. The molecule has 1 N–H and O–H groups in total. The predicted octanol–water partition coefficient (Wildman–Crippen LogP) is 1.86. The quantitative estimate of drug-likeness (QED) is 0.670. The number of allylic oxidation sites excluding steroid dienone is 1. The summed E-state index contributed by atoms with van der Waals surface area (Å²) < 4.78 is 0. The second-order valence-corrected chi connectivity index (χ2v) is 5.00. The Morgan fingerprint density at radius 2 is 2.15 bits per heavy atom. The molecule has 76 valence electrons. The van der Waals surface area contributed by atoms with Gasteiger partial charge < -0.3 is 10.0 Å². The van der Waals surface area contributed by atoms with Crippen LogP contribution in [0.5, 0.6) is 0 Å². The van der Waals surface area contributed by atoms with Crippen molar-refractivity contribution in [2.45, 2.75) is 27.2 Å². The van der Waals surface area contributed by atoms with E-state index in [1.807, 2.05) is 7.05 Å². The molecule has 0 saturated heterocycles. The van der Waals surface area contributed by atoms with Crippen molar-refractivity contribution in [1.29, 1.82) is 0 Å². The summed E-state index contributed by atoms with van der Waals surface area (Å²) in [4.78, 5) is 2.14. The summed E-state index contributed by atoms with van der Waals surface area (Å²) >= 11 is 0. The molecule has 1 rings (SSSR count). The largest absolute Gasteiger partial charge is 0.390 e. The summed E-state index contributed by atoms with van der Waals surface area (Å²) in [7, 11) is 2.04. The van der Waals surface area contributed by atoms with Crippen LogP contribution in [0.4, 0.5) is 0 Å². The molecule has 13 heavy (non-hydrogen) atoms. The zero-order chi connectivity index (χ0) is 10.1. The van der Waals surface area contributed by atoms with E-state index >= 15 is 0 Å². The second kappa shape index (κ2) is 3.70. The highest BCUT2D eigenvalue weighted by Crippen LogP contribution is 2.33. The molecule has 0 spiro atoms. The van der Waals surface area contributed by atoms with Gasteiger partial charge in [0.15, 0.2) is 0 Å². The van der Waals surface area contributed by atoms with Crippen LogP contribution in [0.3, 0.4) is 0 Å². The van der Waals surface area contributed by atoms with Crippen LogP contribution in [0.25, 0.3) is 0 Å². The lowest BCUT2D eigenvalue weighted by atomic mass is 9.77. The van der Waals surface area contributed by atoms with E-state index in [9.17, 15) is 0 Å². The molecule has 0 saturated carbocycles. The minimum absolute atomic E-state index is 0.170. The Kier molecular flexibility index (Phi) is 3.01. The van der Waals surface area contributed by atoms with Crippen molar-refractivity contribution in [2.24, 2.45) is 11.3 Å². The van der Waals surface area contributed by atoms with Crippen molar-refractivity contribution in [3.63, 3.8) is 0 Å². The van der Waals surface area contributed by atoms with Gasteiger partial charge in [-0.3, -0.25) is 0 Å². The van der Waals surface area contributed by atoms with Crippen LogP contribution in [-0.4, -0.2) is 30.2 Å². The third-order valence-corrected chi connectivity index (χ3v) is 2.93. The number of nitrogens with zero attached hydrogens (tertiary/aromatic N) is 1. The normalized spacial score (nSPS) is 24.5. The second-order valence-electron chi connectivity index (χ2n) is 5.00. The van der Waals surface area contributed by atoms with Gasteiger partial charge in [0.05, 0.1) is 6.61 Å². The first-order chi connectivity index (χ1) is 5.95. The zero-order valence-corrected chi connectivity index (χ0v) is 9.17. The van der Waals surface area contributed by atoms with Gasteiger partial charge in [-0.05, 0) is 17.8 Å². The van der Waals surface area contributed by atoms with Crippen LogP contribution in [0.1, 0.15) is 27.2 Å². The molecule has 0 radical (unpaired) electrons. The number of hydrogen-bond acceptors (Lipinski definition) is 2. The van der Waals surface area contributed by atoms with Gasteiger partial charge in [-0.2, -0.15) is 0 Å². The van der Waals surface area contributed by atoms with E-state index in [1.165, 1.54) is 6.42 Å². The molecule has 0 aromatic carbocycles. The van der Waals surface area contributed by atoms with Crippen LogP contribution in [0, 0.1) is 11.3 Å². The highest BCUT2D eigenvalue weighted by molar-refractivity contribution is 5.09. The van der Waals surface area contributed by atoms with Gasteiger partial charge in [0, 0.05) is 19.3 Å². The monoisotopic (exact) mass is 183 g/mol. The molecular formula is C11H21NO. The summed E-state index contributed by atoms with van der Waals surface area (Å²) in [6, 6.07) is 0. The molecule has 1 aliphatic heterocycles. The lowest BCUT2D eigenvalue weighted by molar-refractivity contribution is 0.201. The van der Waals surface area contributed by atoms with Crippen LogP contribution < -0.4 is 0 Å². The zero-order valence-electron chi connectivity index (χ0n) is 9.17. The average Bonchev–Trinajstić information content (AvgIpc) is 2.03. The molecule has 0 aromatic heterocycles. The van der Waals surface area contributed by atoms with E-state index < -0.39 is 0 Å². The standard InChI is InChI=1S/C11H21NO/c1-11(2,3)9-5-6-12(4)10(7-9)8-13/h7,9,13H,5-6,8H2,1-4H3. The third-order valence-electron chi connectivity index (χ3n) is 2.93. The van der Waals surface area contributed by atoms with Crippen molar-refractivity contribution in [3.05, 3.63) is 11.8 Å². The fraction of sp³-hybridized carbons (Fsp3) is 0.818. The summed E-state index contributed by atoms with van der Waals surface area (Å²) in [6.45, 7) is 8.01. The van der Waals surface area contributed by atoms with Gasteiger partial charge >= 0.3 is 0 Å². The fourth-order valence-electron chi connectivity index (χ4n) is 1.78. The number of aliphatic hydroxyl groups excluding tert-OH is 1. The van der Waals surface area contributed by atoms with Gasteiger partial charge in [0.25, 0.3) is 0 Å². The van der Waals surface area contributed by atoms with E-state index in [0.29, 0.717) is 11.3 Å². The Morgan fingerprint density at radius 1 is 1.54 bits per heavy atom. The third kappa shape index (κ3) is 2.47. The Bertz CT molecular complexity index is 203. The van der Waals surface area contributed by atoms with Gasteiger partial charge in [-0.25, -0.2) is 0 Å². The molecule has 0 bridgehead atoms. The van der Waals surface area contributed by atoms with E-state index in [2.05, 4.69) is 31.7 Å². The first-order valence-electron chi connectivity index (χ1n) is 4.98. The number of likely N-dealkylation sites (N-methyl/N-ethyl adjacent to an activating group) is 1. The van der Waals surface area contributed by atoms with E-state index in [0.717, 1.165) is 12.2 Å². The van der Waals surface area contributed by atoms with Gasteiger partial charge in [0.2, 0.25) is 0 Å². The molecule has 1 heterocycles. The molecule has 0 amide bonds. The summed E-state index contributed by atoms with van der Waals surface area (Å²) in [6.07, 6.45) is 3.42. The van der Waals surface area contributed by atoms with Crippen LogP contribution >= 0.6 is 0 Å². The Balaban J connectivity index is 2.77.